The van der Waals surface area contributed by atoms with Gasteiger partial charge in [0.05, 0.1) is 6.42 Å². The average molecular weight is 469 g/mol. The molecular weight excluding hydrogens is 440 g/mol. The van der Waals surface area contributed by atoms with Crippen molar-refractivity contribution >= 4 is 23.9 Å². The molecule has 0 spiro atoms. The van der Waals surface area contributed by atoms with Gasteiger partial charge in [0, 0.05) is 6.42 Å². The number of benzene rings is 2. The highest BCUT2D eigenvalue weighted by Gasteiger charge is 2.36. The zero-order valence-corrected chi connectivity index (χ0v) is 19.3. The van der Waals surface area contributed by atoms with Gasteiger partial charge in [-0.2, -0.15) is 0 Å². The van der Waals surface area contributed by atoms with Crippen LogP contribution in [0.25, 0.3) is 0 Å². The Morgan fingerprint density at radius 2 is 1.71 bits per heavy atom. The van der Waals surface area contributed by atoms with Crippen LogP contribution in [0.1, 0.15) is 38.3 Å². The summed E-state index contributed by atoms with van der Waals surface area (Å²) in [6, 6.07) is 15.7. The quantitative estimate of drug-likeness (QED) is 0.451. The molecule has 2 aromatic rings. The summed E-state index contributed by atoms with van der Waals surface area (Å²) >= 11 is 0. The lowest BCUT2D eigenvalue weighted by Gasteiger charge is -2.23. The SMILES string of the molecule is CC(C)(C)OC(=O)N[C@@H](Cc1ccc(OCc2ccccc2)cc1)C(=O)O[C@H]1CC(=O)NC1=O. The smallest absolute Gasteiger partial charge is 0.408 e. The number of imide groups is 1. The lowest BCUT2D eigenvalue weighted by Crippen LogP contribution is -2.46. The van der Waals surface area contributed by atoms with Crippen LogP contribution < -0.4 is 15.4 Å². The molecule has 180 valence electrons. The molecule has 0 unspecified atom stereocenters. The molecule has 1 aliphatic heterocycles. The van der Waals surface area contributed by atoms with Crippen LogP contribution in [0.15, 0.2) is 54.6 Å². The van der Waals surface area contributed by atoms with Crippen molar-refractivity contribution in [3.05, 3.63) is 65.7 Å². The van der Waals surface area contributed by atoms with Crippen LogP contribution in [0, 0.1) is 0 Å². The van der Waals surface area contributed by atoms with Crippen LogP contribution in [0.4, 0.5) is 4.79 Å². The van der Waals surface area contributed by atoms with Crippen molar-refractivity contribution in [1.82, 2.24) is 10.6 Å². The second kappa shape index (κ2) is 10.8. The number of hydrogen-bond donors (Lipinski definition) is 2. The van der Waals surface area contributed by atoms with E-state index in [1.165, 1.54) is 0 Å². The van der Waals surface area contributed by atoms with Crippen molar-refractivity contribution in [2.75, 3.05) is 0 Å². The topological polar surface area (TPSA) is 120 Å². The second-order valence-electron chi connectivity index (χ2n) is 8.86. The van der Waals surface area contributed by atoms with E-state index in [2.05, 4.69) is 10.6 Å². The average Bonchev–Trinajstić information content (AvgIpc) is 3.08. The van der Waals surface area contributed by atoms with Crippen molar-refractivity contribution in [1.29, 1.82) is 0 Å². The molecule has 9 nitrogen and oxygen atoms in total. The lowest BCUT2D eigenvalue weighted by molar-refractivity contribution is -0.156. The van der Waals surface area contributed by atoms with E-state index < -0.39 is 41.6 Å². The fourth-order valence-electron chi connectivity index (χ4n) is 3.19. The monoisotopic (exact) mass is 468 g/mol. The molecule has 0 radical (unpaired) electrons. The van der Waals surface area contributed by atoms with Crippen molar-refractivity contribution in [3.63, 3.8) is 0 Å². The number of rotatable bonds is 8. The zero-order valence-electron chi connectivity index (χ0n) is 19.3. The molecule has 34 heavy (non-hydrogen) atoms. The van der Waals surface area contributed by atoms with Gasteiger partial charge in [-0.3, -0.25) is 14.9 Å². The van der Waals surface area contributed by atoms with Gasteiger partial charge in [0.1, 0.15) is 24.0 Å². The van der Waals surface area contributed by atoms with Gasteiger partial charge in [0.2, 0.25) is 5.91 Å². The Kier molecular flexibility index (Phi) is 7.88. The summed E-state index contributed by atoms with van der Waals surface area (Å²) in [7, 11) is 0. The number of hydrogen-bond acceptors (Lipinski definition) is 7. The van der Waals surface area contributed by atoms with Crippen LogP contribution in [0.5, 0.6) is 5.75 Å². The first kappa shape index (κ1) is 24.8. The Hall–Kier alpha value is -3.88. The highest BCUT2D eigenvalue weighted by Crippen LogP contribution is 2.17. The molecule has 1 fully saturated rings. The summed E-state index contributed by atoms with van der Waals surface area (Å²) < 4.78 is 16.2. The van der Waals surface area contributed by atoms with Gasteiger partial charge in [-0.25, -0.2) is 9.59 Å². The molecule has 0 saturated carbocycles. The normalized spacial score (nSPS) is 16.4. The van der Waals surface area contributed by atoms with Crippen LogP contribution in [0.2, 0.25) is 0 Å². The first-order chi connectivity index (χ1) is 16.1. The third-order valence-corrected chi connectivity index (χ3v) is 4.77. The number of carbonyl (C=O) groups is 4. The molecule has 2 atom stereocenters. The Balaban J connectivity index is 1.65. The van der Waals surface area contributed by atoms with E-state index in [9.17, 15) is 19.2 Å². The summed E-state index contributed by atoms with van der Waals surface area (Å²) in [4.78, 5) is 48.2. The number of amides is 3. The molecule has 2 N–H and O–H groups in total. The van der Waals surface area contributed by atoms with E-state index in [1.54, 1.807) is 45.0 Å². The van der Waals surface area contributed by atoms with Gasteiger partial charge in [0.15, 0.2) is 6.10 Å². The zero-order chi connectivity index (χ0) is 24.7. The van der Waals surface area contributed by atoms with Crippen LogP contribution in [0.3, 0.4) is 0 Å². The molecule has 3 rings (SSSR count). The van der Waals surface area contributed by atoms with Gasteiger partial charge in [-0.1, -0.05) is 42.5 Å². The number of nitrogens with one attached hydrogen (secondary N) is 2. The van der Waals surface area contributed by atoms with E-state index in [-0.39, 0.29) is 12.8 Å². The van der Waals surface area contributed by atoms with Crippen LogP contribution in [-0.2, 0) is 36.9 Å². The van der Waals surface area contributed by atoms with E-state index in [1.807, 2.05) is 30.3 Å². The fourth-order valence-corrected chi connectivity index (χ4v) is 3.19. The van der Waals surface area contributed by atoms with Gasteiger partial charge >= 0.3 is 12.1 Å². The van der Waals surface area contributed by atoms with Gasteiger partial charge < -0.3 is 19.5 Å². The summed E-state index contributed by atoms with van der Waals surface area (Å²) in [5, 5.41) is 4.58. The highest BCUT2D eigenvalue weighted by atomic mass is 16.6. The van der Waals surface area contributed by atoms with Crippen molar-refractivity contribution in [2.45, 2.75) is 58.0 Å². The van der Waals surface area contributed by atoms with E-state index in [0.29, 0.717) is 12.4 Å². The van der Waals surface area contributed by atoms with Crippen molar-refractivity contribution < 1.29 is 33.4 Å². The third kappa shape index (κ3) is 7.61. The second-order valence-corrected chi connectivity index (χ2v) is 8.86. The van der Waals surface area contributed by atoms with E-state index in [0.717, 1.165) is 11.1 Å². The molecule has 1 saturated heterocycles. The maximum atomic E-state index is 12.8. The predicted octanol–water partition coefficient (Wildman–Crippen LogP) is 2.66. The Morgan fingerprint density at radius 1 is 1.03 bits per heavy atom. The number of alkyl carbamates (subject to hydrolysis) is 1. The Morgan fingerprint density at radius 3 is 2.29 bits per heavy atom. The summed E-state index contributed by atoms with van der Waals surface area (Å²) in [5.74, 6) is -1.40. The van der Waals surface area contributed by atoms with Crippen molar-refractivity contribution in [2.24, 2.45) is 0 Å². The molecule has 2 aromatic carbocycles. The Labute approximate surface area is 197 Å². The molecule has 0 aliphatic carbocycles. The fraction of sp³-hybridized carbons (Fsp3) is 0.360. The highest BCUT2D eigenvalue weighted by molar-refractivity contribution is 6.05. The molecular formula is C25H28N2O7. The molecule has 9 heteroatoms. The largest absolute Gasteiger partial charge is 0.489 e. The standard InChI is InChI=1S/C25H28N2O7/c1-25(2,3)34-24(31)26-19(23(30)33-20-14-21(28)27-22(20)29)13-16-9-11-18(12-10-16)32-15-17-7-5-4-6-8-17/h4-12,19-20H,13-15H2,1-3H3,(H,26,31)(H,27,28,29)/t19-,20-/m0/s1. The van der Waals surface area contributed by atoms with Crippen LogP contribution in [-0.4, -0.2) is 41.6 Å². The summed E-state index contributed by atoms with van der Waals surface area (Å²) in [6.45, 7) is 5.51. The molecule has 0 aromatic heterocycles. The lowest BCUT2D eigenvalue weighted by atomic mass is 10.1. The van der Waals surface area contributed by atoms with Gasteiger partial charge in [-0.15, -0.1) is 0 Å². The minimum atomic E-state index is -1.23. The van der Waals surface area contributed by atoms with Crippen LogP contribution >= 0.6 is 0 Å². The van der Waals surface area contributed by atoms with Gasteiger partial charge in [-0.05, 0) is 44.0 Å². The summed E-state index contributed by atoms with van der Waals surface area (Å²) in [6.07, 6.45) is -2.20. The maximum Gasteiger partial charge on any atom is 0.408 e. The maximum absolute atomic E-state index is 12.8. The molecule has 3 amide bonds. The first-order valence-corrected chi connectivity index (χ1v) is 10.9. The van der Waals surface area contributed by atoms with E-state index >= 15 is 0 Å². The Bertz CT molecular complexity index is 1030. The van der Waals surface area contributed by atoms with E-state index in [4.69, 9.17) is 14.2 Å². The molecule has 0 bridgehead atoms. The number of esters is 1. The number of ether oxygens (including phenoxy) is 3. The summed E-state index contributed by atoms with van der Waals surface area (Å²) in [5.41, 5.74) is 0.982. The first-order valence-electron chi connectivity index (χ1n) is 10.9. The van der Waals surface area contributed by atoms with Gasteiger partial charge in [0.25, 0.3) is 5.91 Å². The molecule has 1 aliphatic rings. The van der Waals surface area contributed by atoms with Crippen molar-refractivity contribution in [3.8, 4) is 5.75 Å². The third-order valence-electron chi connectivity index (χ3n) is 4.77. The molecule has 1 heterocycles. The number of carbonyl (C=O) groups excluding carboxylic acids is 4. The minimum absolute atomic E-state index is 0.0827. The predicted molar refractivity (Wildman–Crippen MR) is 122 cm³/mol. The minimum Gasteiger partial charge on any atom is -0.489 e.